The highest BCUT2D eigenvalue weighted by atomic mass is 35.5. The van der Waals surface area contributed by atoms with Gasteiger partial charge in [0.05, 0.1) is 17.4 Å². The number of carbonyl (C=O) groups is 2. The number of thiocarbonyl (C=S) groups is 1. The van der Waals surface area contributed by atoms with Gasteiger partial charge in [0, 0.05) is 5.03 Å². The summed E-state index contributed by atoms with van der Waals surface area (Å²) in [6.07, 6.45) is 3.18. The van der Waals surface area contributed by atoms with Gasteiger partial charge in [-0.3, -0.25) is 9.69 Å². The van der Waals surface area contributed by atoms with Crippen LogP contribution in [0.4, 0.5) is 0 Å². The number of allylic oxidation sites excluding steroid dienone is 2. The zero-order valence-corrected chi connectivity index (χ0v) is 13.0. The average Bonchev–Trinajstić information content (AvgIpc) is 2.67. The van der Waals surface area contributed by atoms with Crippen LogP contribution in [0.1, 0.15) is 5.56 Å². The van der Waals surface area contributed by atoms with Crippen molar-refractivity contribution < 1.29 is 14.7 Å². The molecule has 108 valence electrons. The number of halogens is 1. The molecule has 0 bridgehead atoms. The molecule has 0 unspecified atom stereocenters. The minimum atomic E-state index is -1.36. The minimum absolute atomic E-state index is 0.180. The van der Waals surface area contributed by atoms with Crippen LogP contribution in [0.25, 0.3) is 6.08 Å². The van der Waals surface area contributed by atoms with E-state index in [-0.39, 0.29) is 4.32 Å². The summed E-state index contributed by atoms with van der Waals surface area (Å²) in [4.78, 5) is 23.9. The van der Waals surface area contributed by atoms with Crippen LogP contribution < -0.4 is 5.11 Å². The van der Waals surface area contributed by atoms with Gasteiger partial charge in [0.15, 0.2) is 0 Å². The average molecular weight is 339 g/mol. The predicted molar refractivity (Wildman–Crippen MR) is 85.3 cm³/mol. The fraction of sp³-hybridized carbons (Fsp3) is 0.0714. The third-order valence-electron chi connectivity index (χ3n) is 2.53. The van der Waals surface area contributed by atoms with Crippen molar-refractivity contribution in [2.75, 3.05) is 6.54 Å². The molecule has 1 aromatic carbocycles. The predicted octanol–water partition coefficient (Wildman–Crippen LogP) is 1.76. The lowest BCUT2D eigenvalue weighted by Gasteiger charge is -2.14. The molecule has 4 nitrogen and oxygen atoms in total. The van der Waals surface area contributed by atoms with Crippen molar-refractivity contribution in [1.82, 2.24) is 4.90 Å². The Morgan fingerprint density at radius 1 is 1.38 bits per heavy atom. The van der Waals surface area contributed by atoms with E-state index in [2.05, 4.69) is 0 Å². The van der Waals surface area contributed by atoms with Crippen molar-refractivity contribution in [2.45, 2.75) is 0 Å². The summed E-state index contributed by atoms with van der Waals surface area (Å²) in [6.45, 7) is -0.554. The Labute approximate surface area is 136 Å². The van der Waals surface area contributed by atoms with Crippen LogP contribution in [0, 0.1) is 0 Å². The minimum Gasteiger partial charge on any atom is -0.548 e. The van der Waals surface area contributed by atoms with Crippen LogP contribution in [-0.2, 0) is 9.59 Å². The first-order chi connectivity index (χ1) is 9.97. The number of amides is 1. The molecule has 21 heavy (non-hydrogen) atoms. The lowest BCUT2D eigenvalue weighted by atomic mass is 10.2. The van der Waals surface area contributed by atoms with Crippen LogP contribution in [0.3, 0.4) is 0 Å². The molecule has 0 spiro atoms. The van der Waals surface area contributed by atoms with Gasteiger partial charge in [-0.05, 0) is 17.7 Å². The number of hydrogen-bond acceptors (Lipinski definition) is 5. The Morgan fingerprint density at radius 3 is 2.67 bits per heavy atom. The van der Waals surface area contributed by atoms with Crippen molar-refractivity contribution in [1.29, 1.82) is 0 Å². The third-order valence-corrected chi connectivity index (χ3v) is 4.13. The molecule has 0 aromatic heterocycles. The summed E-state index contributed by atoms with van der Waals surface area (Å²) in [5.41, 5.74) is 0.893. The van der Waals surface area contributed by atoms with E-state index < -0.39 is 18.4 Å². The highest BCUT2D eigenvalue weighted by molar-refractivity contribution is 8.26. The number of rotatable bonds is 4. The van der Waals surface area contributed by atoms with Gasteiger partial charge in [0.1, 0.15) is 4.32 Å². The second-order valence-corrected chi connectivity index (χ2v) is 6.19. The molecule has 7 heteroatoms. The highest BCUT2D eigenvalue weighted by Crippen LogP contribution is 2.32. The molecule has 1 aliphatic heterocycles. The molecule has 1 aromatic rings. The number of nitrogens with zero attached hydrogens (tertiary/aromatic N) is 1. The van der Waals surface area contributed by atoms with Gasteiger partial charge in [0.2, 0.25) is 0 Å². The number of carbonyl (C=O) groups excluding carboxylic acids is 2. The zero-order valence-electron chi connectivity index (χ0n) is 10.6. The monoisotopic (exact) mass is 338 g/mol. The maximum Gasteiger partial charge on any atom is 0.266 e. The Balaban J connectivity index is 2.18. The van der Waals surface area contributed by atoms with Crippen LogP contribution in [0.2, 0.25) is 0 Å². The molecular formula is C14H9ClNO3S2-. The summed E-state index contributed by atoms with van der Waals surface area (Å²) < 4.78 is 0.180. The summed E-state index contributed by atoms with van der Waals surface area (Å²) >= 11 is 12.1. The van der Waals surface area contributed by atoms with Gasteiger partial charge < -0.3 is 9.90 Å². The molecule has 0 N–H and O–H groups in total. The topological polar surface area (TPSA) is 60.4 Å². The van der Waals surface area contributed by atoms with Gasteiger partial charge in [-0.25, -0.2) is 0 Å². The molecule has 1 aliphatic rings. The first-order valence-corrected chi connectivity index (χ1v) is 7.45. The molecule has 1 saturated heterocycles. The third kappa shape index (κ3) is 4.17. The Bertz CT molecular complexity index is 655. The molecule has 0 aliphatic carbocycles. The molecule has 0 atom stereocenters. The van der Waals surface area contributed by atoms with E-state index in [1.165, 1.54) is 6.08 Å². The Kier molecular flexibility index (Phi) is 5.17. The fourth-order valence-corrected chi connectivity index (χ4v) is 3.19. The molecule has 1 fully saturated rings. The number of benzene rings is 1. The fourth-order valence-electron chi connectivity index (χ4n) is 1.64. The van der Waals surface area contributed by atoms with E-state index in [1.807, 2.05) is 30.3 Å². The van der Waals surface area contributed by atoms with Crippen molar-refractivity contribution in [2.24, 2.45) is 0 Å². The second kappa shape index (κ2) is 6.89. The van der Waals surface area contributed by atoms with Crippen LogP contribution >= 0.6 is 35.6 Å². The summed E-state index contributed by atoms with van der Waals surface area (Å²) in [5.74, 6) is -1.84. The van der Waals surface area contributed by atoms with Gasteiger partial charge in [-0.15, -0.1) is 0 Å². The normalized spacial score (nSPS) is 17.7. The maximum absolute atomic E-state index is 12.0. The molecule has 1 heterocycles. The Hall–Kier alpha value is -1.63. The lowest BCUT2D eigenvalue weighted by molar-refractivity contribution is -0.305. The summed E-state index contributed by atoms with van der Waals surface area (Å²) in [6, 6.07) is 9.37. The lowest BCUT2D eigenvalue weighted by Crippen LogP contribution is -2.40. The number of thioether (sulfide) groups is 1. The van der Waals surface area contributed by atoms with Gasteiger partial charge in [-0.2, -0.15) is 0 Å². The van der Waals surface area contributed by atoms with E-state index >= 15 is 0 Å². The molecule has 0 saturated carbocycles. The second-order valence-electron chi connectivity index (χ2n) is 4.08. The van der Waals surface area contributed by atoms with Crippen molar-refractivity contribution in [3.05, 3.63) is 51.9 Å². The SMILES string of the molecule is O=C([O-])CN1C(=O)/C(=C/C(Cl)=C/c2ccccc2)SC1=S. The van der Waals surface area contributed by atoms with E-state index in [1.54, 1.807) is 6.08 Å². The molecular weight excluding hydrogens is 330 g/mol. The van der Waals surface area contributed by atoms with Crippen LogP contribution in [-0.4, -0.2) is 27.6 Å². The van der Waals surface area contributed by atoms with Gasteiger partial charge in [-0.1, -0.05) is 65.9 Å². The number of hydrogen-bond donors (Lipinski definition) is 0. The van der Waals surface area contributed by atoms with E-state index in [9.17, 15) is 14.7 Å². The number of carboxylic acids is 1. The van der Waals surface area contributed by atoms with Crippen LogP contribution in [0.5, 0.6) is 0 Å². The largest absolute Gasteiger partial charge is 0.548 e. The standard InChI is InChI=1S/C14H10ClNO3S2/c15-10(6-9-4-2-1-3-5-9)7-11-13(19)16(8-12(17)18)14(20)21-11/h1-7H,8H2,(H,17,18)/p-1/b10-6-,11-7-. The van der Waals surface area contributed by atoms with Crippen LogP contribution in [0.15, 0.2) is 46.3 Å². The first kappa shape index (κ1) is 15.8. The highest BCUT2D eigenvalue weighted by Gasteiger charge is 2.31. The van der Waals surface area contributed by atoms with Gasteiger partial charge >= 0.3 is 0 Å². The van der Waals surface area contributed by atoms with E-state index in [4.69, 9.17) is 23.8 Å². The smallest absolute Gasteiger partial charge is 0.266 e. The van der Waals surface area contributed by atoms with E-state index in [0.29, 0.717) is 9.94 Å². The zero-order chi connectivity index (χ0) is 15.4. The van der Waals surface area contributed by atoms with Crippen molar-refractivity contribution in [3.63, 3.8) is 0 Å². The Morgan fingerprint density at radius 2 is 2.05 bits per heavy atom. The van der Waals surface area contributed by atoms with Crippen molar-refractivity contribution >= 4 is 57.9 Å². The quantitative estimate of drug-likeness (QED) is 0.618. The van der Waals surface area contributed by atoms with Crippen molar-refractivity contribution in [3.8, 4) is 0 Å². The molecule has 1 amide bonds. The molecule has 2 rings (SSSR count). The van der Waals surface area contributed by atoms with E-state index in [0.717, 1.165) is 22.2 Å². The summed E-state index contributed by atoms with van der Waals surface area (Å²) in [7, 11) is 0. The number of aliphatic carboxylic acids is 1. The maximum atomic E-state index is 12.0. The molecule has 0 radical (unpaired) electrons. The number of carboxylic acid groups (broad SMARTS) is 1. The summed E-state index contributed by atoms with van der Waals surface area (Å²) in [5, 5.41) is 10.9. The van der Waals surface area contributed by atoms with Gasteiger partial charge in [0.25, 0.3) is 5.91 Å². The first-order valence-electron chi connectivity index (χ1n) is 5.85.